The molecule has 1 N–H and O–H groups in total. The molecule has 0 aliphatic heterocycles. The number of hydrogen-bond donors (Lipinski definition) is 1. The van der Waals surface area contributed by atoms with Gasteiger partial charge in [-0.3, -0.25) is 4.90 Å². The van der Waals surface area contributed by atoms with Crippen molar-refractivity contribution in [1.82, 2.24) is 4.90 Å². The normalized spacial score (nSPS) is 10.1. The molecule has 0 unspecified atom stereocenters. The Morgan fingerprint density at radius 3 is 2.68 bits per heavy atom. The summed E-state index contributed by atoms with van der Waals surface area (Å²) >= 11 is 0. The van der Waals surface area contributed by atoms with Crippen LogP contribution in [0.25, 0.3) is 10.8 Å². The van der Waals surface area contributed by atoms with Crippen LogP contribution in [-0.4, -0.2) is 29.2 Å². The number of amides is 1. The van der Waals surface area contributed by atoms with Crippen LogP contribution in [0, 0.1) is 12.3 Å². The van der Waals surface area contributed by atoms with Crippen LogP contribution in [0.1, 0.15) is 5.56 Å². The maximum absolute atomic E-state index is 11.0. The van der Waals surface area contributed by atoms with Gasteiger partial charge in [0.25, 0.3) is 0 Å². The lowest BCUT2D eigenvalue weighted by Crippen LogP contribution is -2.31. The van der Waals surface area contributed by atoms with Crippen molar-refractivity contribution in [2.24, 2.45) is 0 Å². The van der Waals surface area contributed by atoms with Crippen molar-refractivity contribution in [1.29, 1.82) is 0 Å². The summed E-state index contributed by atoms with van der Waals surface area (Å²) in [5.74, 6) is 2.37. The molecule has 0 aliphatic rings. The van der Waals surface area contributed by atoms with Gasteiger partial charge in [-0.15, -0.1) is 6.42 Å². The fraction of sp³-hybridized carbons (Fsp3) is 0.188. The third kappa shape index (κ3) is 3.05. The van der Waals surface area contributed by atoms with Crippen LogP contribution in [0.2, 0.25) is 0 Å². The number of fused-ring (bicyclic) bond motifs is 1. The summed E-state index contributed by atoms with van der Waals surface area (Å²) in [6.45, 7) is 0.535. The third-order valence-corrected chi connectivity index (χ3v) is 3.08. The van der Waals surface area contributed by atoms with E-state index >= 15 is 0 Å². The average molecular weight is 253 g/mol. The lowest BCUT2D eigenvalue weighted by molar-refractivity contribution is 0.151. The Bertz CT molecular complexity index is 623. The van der Waals surface area contributed by atoms with E-state index in [4.69, 9.17) is 11.5 Å². The molecule has 0 atom stereocenters. The molecular weight excluding hydrogens is 238 g/mol. The molecule has 3 heteroatoms. The number of benzene rings is 2. The standard InChI is InChI=1S/C16H15NO2/c1-2-11-17(16(18)19)12-10-14-8-5-7-13-6-3-4-9-15(13)14/h1,3-9H,10-12H2,(H,18,19). The number of rotatable bonds is 4. The predicted octanol–water partition coefficient (Wildman–Crippen LogP) is 3.00. The second-order valence-electron chi connectivity index (χ2n) is 4.30. The number of nitrogens with zero attached hydrogens (tertiary/aromatic N) is 1. The van der Waals surface area contributed by atoms with Crippen molar-refractivity contribution in [2.75, 3.05) is 13.1 Å². The monoisotopic (exact) mass is 253 g/mol. The second kappa shape index (κ2) is 5.92. The third-order valence-electron chi connectivity index (χ3n) is 3.08. The lowest BCUT2D eigenvalue weighted by atomic mass is 10.0. The molecule has 19 heavy (non-hydrogen) atoms. The minimum Gasteiger partial charge on any atom is -0.465 e. The van der Waals surface area contributed by atoms with Crippen LogP contribution in [0.5, 0.6) is 0 Å². The summed E-state index contributed by atoms with van der Waals surface area (Å²) in [4.78, 5) is 12.3. The van der Waals surface area contributed by atoms with Crippen molar-refractivity contribution in [3.05, 3.63) is 48.0 Å². The Labute approximate surface area is 112 Å². The fourth-order valence-corrected chi connectivity index (χ4v) is 2.12. The largest absolute Gasteiger partial charge is 0.465 e. The van der Waals surface area contributed by atoms with Gasteiger partial charge in [0, 0.05) is 6.54 Å². The van der Waals surface area contributed by atoms with Crippen molar-refractivity contribution in [2.45, 2.75) is 6.42 Å². The quantitative estimate of drug-likeness (QED) is 0.851. The molecule has 1 amide bonds. The highest BCUT2D eigenvalue weighted by Gasteiger charge is 2.10. The molecule has 0 saturated heterocycles. The number of carbonyl (C=O) groups is 1. The highest BCUT2D eigenvalue weighted by Crippen LogP contribution is 2.19. The zero-order chi connectivity index (χ0) is 13.7. The van der Waals surface area contributed by atoms with Crippen molar-refractivity contribution in [3.8, 4) is 12.3 Å². The smallest absolute Gasteiger partial charge is 0.408 e. The van der Waals surface area contributed by atoms with Crippen molar-refractivity contribution in [3.63, 3.8) is 0 Å². The fourth-order valence-electron chi connectivity index (χ4n) is 2.12. The molecule has 0 heterocycles. The predicted molar refractivity (Wildman–Crippen MR) is 76.1 cm³/mol. The van der Waals surface area contributed by atoms with Gasteiger partial charge in [-0.05, 0) is 22.8 Å². The van der Waals surface area contributed by atoms with Gasteiger partial charge >= 0.3 is 6.09 Å². The molecule has 3 nitrogen and oxygen atoms in total. The van der Waals surface area contributed by atoms with Gasteiger partial charge in [-0.2, -0.15) is 0 Å². The molecule has 0 aromatic heterocycles. The molecule has 0 saturated carbocycles. The Kier molecular flexibility index (Phi) is 4.04. The van der Waals surface area contributed by atoms with Gasteiger partial charge in [-0.1, -0.05) is 48.4 Å². The zero-order valence-electron chi connectivity index (χ0n) is 10.5. The number of hydrogen-bond acceptors (Lipinski definition) is 1. The van der Waals surface area contributed by atoms with Gasteiger partial charge in [-0.25, -0.2) is 4.79 Å². The Morgan fingerprint density at radius 2 is 1.95 bits per heavy atom. The SMILES string of the molecule is C#CCN(CCc1cccc2ccccc12)C(=O)O. The minimum atomic E-state index is -0.974. The number of terminal acetylenes is 1. The van der Waals surface area contributed by atoms with Crippen LogP contribution in [0.3, 0.4) is 0 Å². The Hall–Kier alpha value is -2.47. The molecule has 0 aliphatic carbocycles. The first-order valence-corrected chi connectivity index (χ1v) is 6.10. The first-order valence-electron chi connectivity index (χ1n) is 6.10. The maximum atomic E-state index is 11.0. The highest BCUT2D eigenvalue weighted by atomic mass is 16.4. The van der Waals surface area contributed by atoms with Crippen LogP contribution in [0.15, 0.2) is 42.5 Å². The van der Waals surface area contributed by atoms with Crippen molar-refractivity contribution >= 4 is 16.9 Å². The summed E-state index contributed by atoms with van der Waals surface area (Å²) in [7, 11) is 0. The van der Waals surface area contributed by atoms with Crippen LogP contribution in [-0.2, 0) is 6.42 Å². The van der Waals surface area contributed by atoms with E-state index in [2.05, 4.69) is 24.1 Å². The second-order valence-corrected chi connectivity index (χ2v) is 4.30. The molecule has 0 bridgehead atoms. The van der Waals surface area contributed by atoms with E-state index < -0.39 is 6.09 Å². The average Bonchev–Trinajstić information content (AvgIpc) is 2.43. The summed E-state index contributed by atoms with van der Waals surface area (Å²) < 4.78 is 0. The molecule has 96 valence electrons. The lowest BCUT2D eigenvalue weighted by Gasteiger charge is -2.16. The van der Waals surface area contributed by atoms with E-state index in [1.54, 1.807) is 0 Å². The van der Waals surface area contributed by atoms with Gasteiger partial charge in [0.15, 0.2) is 0 Å². The summed E-state index contributed by atoms with van der Waals surface area (Å²) in [6, 6.07) is 14.2. The molecule has 2 aromatic rings. The first kappa shape index (κ1) is 13.0. The Balaban J connectivity index is 2.18. The van der Waals surface area contributed by atoms with Crippen molar-refractivity contribution < 1.29 is 9.90 Å². The molecule has 0 spiro atoms. The van der Waals surface area contributed by atoms with E-state index in [9.17, 15) is 4.79 Å². The van der Waals surface area contributed by atoms with Gasteiger partial charge in [0.2, 0.25) is 0 Å². The van der Waals surface area contributed by atoms with E-state index in [-0.39, 0.29) is 6.54 Å². The summed E-state index contributed by atoms with van der Waals surface area (Å²) in [6.07, 6.45) is 4.86. The van der Waals surface area contributed by atoms with E-state index in [0.29, 0.717) is 13.0 Å². The van der Waals surface area contributed by atoms with E-state index in [1.807, 2.05) is 24.3 Å². The minimum absolute atomic E-state index is 0.125. The summed E-state index contributed by atoms with van der Waals surface area (Å²) in [5.41, 5.74) is 1.14. The topological polar surface area (TPSA) is 40.5 Å². The number of carboxylic acid groups (broad SMARTS) is 1. The van der Waals surface area contributed by atoms with Crippen LogP contribution in [0.4, 0.5) is 4.79 Å². The zero-order valence-corrected chi connectivity index (χ0v) is 10.5. The molecule has 0 radical (unpaired) electrons. The molecular formula is C16H15NO2. The maximum Gasteiger partial charge on any atom is 0.408 e. The first-order chi connectivity index (χ1) is 9.22. The van der Waals surface area contributed by atoms with E-state index in [0.717, 1.165) is 10.9 Å². The van der Waals surface area contributed by atoms with Crippen LogP contribution >= 0.6 is 0 Å². The molecule has 2 aromatic carbocycles. The summed E-state index contributed by atoms with van der Waals surface area (Å²) in [5, 5.41) is 11.4. The van der Waals surface area contributed by atoms with Gasteiger partial charge < -0.3 is 5.11 Å². The molecule has 0 fully saturated rings. The van der Waals surface area contributed by atoms with Gasteiger partial charge in [0.1, 0.15) is 0 Å². The van der Waals surface area contributed by atoms with E-state index in [1.165, 1.54) is 10.3 Å². The van der Waals surface area contributed by atoms with Crippen LogP contribution < -0.4 is 0 Å². The Morgan fingerprint density at radius 1 is 1.21 bits per heavy atom. The van der Waals surface area contributed by atoms with Gasteiger partial charge in [0.05, 0.1) is 6.54 Å². The molecule has 2 rings (SSSR count). The highest BCUT2D eigenvalue weighted by molar-refractivity contribution is 5.85.